The summed E-state index contributed by atoms with van der Waals surface area (Å²) in [4.78, 5) is 0. The third-order valence-corrected chi connectivity index (χ3v) is 19.7. The van der Waals surface area contributed by atoms with Gasteiger partial charge >= 0.3 is 8.60 Å². The lowest BCUT2D eigenvalue weighted by Crippen LogP contribution is -2.59. The monoisotopic (exact) mass is 833 g/mol. The van der Waals surface area contributed by atoms with E-state index in [0.717, 1.165) is 0 Å². The SMILES string of the molecule is CC(C)C1CCC(C)(C(C)(C)C)C(C(C)(C)C)C1OP(OC1C(C(C)C)CCC(C)(C(C)(C)C)C1C(C)(C)C)OC1C(C(C)C)CCC(C)(C(C)(C)C)C1C(C)(C)C. The molecule has 58 heavy (non-hydrogen) atoms. The molecule has 0 saturated heterocycles. The second-order valence-corrected chi connectivity index (χ2v) is 29.9. The molecule has 0 aromatic rings. The Morgan fingerprint density at radius 1 is 0.379 bits per heavy atom. The van der Waals surface area contributed by atoms with Crippen molar-refractivity contribution in [2.45, 2.75) is 244 Å². The number of hydrogen-bond acceptors (Lipinski definition) is 3. The summed E-state index contributed by atoms with van der Waals surface area (Å²) in [5.41, 5.74) is 0.752. The zero-order valence-corrected chi connectivity index (χ0v) is 45.2. The first-order valence-electron chi connectivity index (χ1n) is 24.5. The Kier molecular flexibility index (Phi) is 15.8. The third kappa shape index (κ3) is 10.3. The van der Waals surface area contributed by atoms with Crippen LogP contribution in [0.4, 0.5) is 0 Å². The van der Waals surface area contributed by atoms with E-state index in [-0.39, 0.29) is 67.0 Å². The highest BCUT2D eigenvalue weighted by Crippen LogP contribution is 2.68. The highest BCUT2D eigenvalue weighted by Gasteiger charge is 2.62. The molecular formula is C54H105O3P. The number of rotatable bonds is 9. The van der Waals surface area contributed by atoms with Gasteiger partial charge in [-0.2, -0.15) is 0 Å². The third-order valence-electron chi connectivity index (χ3n) is 18.4. The van der Waals surface area contributed by atoms with Crippen LogP contribution in [0.1, 0.15) is 225 Å². The Hall–Kier alpha value is 0.310. The molecule has 0 aromatic carbocycles. The van der Waals surface area contributed by atoms with E-state index < -0.39 is 8.60 Å². The van der Waals surface area contributed by atoms with Crippen molar-refractivity contribution in [3.8, 4) is 0 Å². The molecule has 0 amide bonds. The normalized spacial score (nSPS) is 38.5. The van der Waals surface area contributed by atoms with Crippen molar-refractivity contribution < 1.29 is 13.6 Å². The van der Waals surface area contributed by atoms with E-state index in [9.17, 15) is 0 Å². The van der Waals surface area contributed by atoms with Gasteiger partial charge in [0.05, 0.1) is 18.3 Å². The second kappa shape index (κ2) is 17.4. The van der Waals surface area contributed by atoms with Crippen LogP contribution in [0.25, 0.3) is 0 Å². The molecule has 3 rings (SSSR count). The van der Waals surface area contributed by atoms with Crippen LogP contribution in [0.2, 0.25) is 0 Å². The first-order valence-corrected chi connectivity index (χ1v) is 25.6. The van der Waals surface area contributed by atoms with Crippen LogP contribution in [0.5, 0.6) is 0 Å². The Labute approximate surface area is 366 Å². The molecule has 0 heterocycles. The van der Waals surface area contributed by atoms with E-state index in [1.54, 1.807) is 0 Å². The van der Waals surface area contributed by atoms with E-state index >= 15 is 0 Å². The average Bonchev–Trinajstić information content (AvgIpc) is 2.97. The average molecular weight is 833 g/mol. The van der Waals surface area contributed by atoms with Crippen molar-refractivity contribution in [1.29, 1.82) is 0 Å². The zero-order chi connectivity index (χ0) is 45.4. The first kappa shape index (κ1) is 52.7. The minimum absolute atomic E-state index is 0.0371. The van der Waals surface area contributed by atoms with Crippen LogP contribution in [-0.2, 0) is 13.6 Å². The molecule has 0 bridgehead atoms. The van der Waals surface area contributed by atoms with Gasteiger partial charge in [-0.25, -0.2) is 0 Å². The fraction of sp³-hybridized carbons (Fsp3) is 1.00. The van der Waals surface area contributed by atoms with Crippen LogP contribution in [0.15, 0.2) is 0 Å². The molecular weight excluding hydrogens is 728 g/mol. The Bertz CT molecular complexity index is 1160. The quantitative estimate of drug-likeness (QED) is 0.217. The van der Waals surface area contributed by atoms with Crippen molar-refractivity contribution in [3.05, 3.63) is 0 Å². The summed E-state index contributed by atoms with van der Waals surface area (Å²) in [5, 5.41) is 0. The summed E-state index contributed by atoms with van der Waals surface area (Å²) in [6.45, 7) is 67.3. The van der Waals surface area contributed by atoms with E-state index in [0.29, 0.717) is 53.3 Å². The summed E-state index contributed by atoms with van der Waals surface area (Å²) in [6.07, 6.45) is 7.33. The molecule has 3 fully saturated rings. The summed E-state index contributed by atoms with van der Waals surface area (Å²) in [6, 6.07) is 0. The summed E-state index contributed by atoms with van der Waals surface area (Å²) < 4.78 is 24.3. The Morgan fingerprint density at radius 2 is 0.569 bits per heavy atom. The minimum atomic E-state index is -1.74. The highest BCUT2D eigenvalue weighted by atomic mass is 31.2. The van der Waals surface area contributed by atoms with Crippen molar-refractivity contribution in [1.82, 2.24) is 0 Å². The van der Waals surface area contributed by atoms with Gasteiger partial charge in [-0.05, 0) is 141 Å². The van der Waals surface area contributed by atoms with Crippen molar-refractivity contribution in [3.63, 3.8) is 0 Å². The Balaban J connectivity index is 2.45. The van der Waals surface area contributed by atoms with Gasteiger partial charge < -0.3 is 13.6 Å². The smallest absolute Gasteiger partial charge is 0.308 e. The van der Waals surface area contributed by atoms with E-state index in [1.165, 1.54) is 38.5 Å². The minimum Gasteiger partial charge on any atom is -0.308 e. The van der Waals surface area contributed by atoms with Crippen LogP contribution in [0.3, 0.4) is 0 Å². The second-order valence-electron chi connectivity index (χ2n) is 28.8. The molecule has 4 heteroatoms. The fourth-order valence-electron chi connectivity index (χ4n) is 14.0. The molecule has 3 saturated carbocycles. The van der Waals surface area contributed by atoms with Gasteiger partial charge in [-0.1, -0.05) is 187 Å². The first-order chi connectivity index (χ1) is 25.7. The van der Waals surface area contributed by atoms with E-state index in [4.69, 9.17) is 13.6 Å². The summed E-state index contributed by atoms with van der Waals surface area (Å²) in [7, 11) is -1.74. The maximum atomic E-state index is 8.11. The molecule has 12 atom stereocenters. The lowest BCUT2D eigenvalue weighted by Gasteiger charge is -2.62. The van der Waals surface area contributed by atoms with Crippen molar-refractivity contribution in [2.24, 2.45) is 102 Å². The van der Waals surface area contributed by atoms with Gasteiger partial charge in [0, 0.05) is 0 Å². The van der Waals surface area contributed by atoms with Gasteiger partial charge in [-0.3, -0.25) is 0 Å². The van der Waals surface area contributed by atoms with Crippen LogP contribution >= 0.6 is 8.60 Å². The molecule has 3 aliphatic rings. The summed E-state index contributed by atoms with van der Waals surface area (Å²) in [5.74, 6) is 3.85. The van der Waals surface area contributed by atoms with Crippen LogP contribution < -0.4 is 0 Å². The zero-order valence-electron chi connectivity index (χ0n) is 44.3. The van der Waals surface area contributed by atoms with Gasteiger partial charge in [0.15, 0.2) is 0 Å². The van der Waals surface area contributed by atoms with E-state index in [1.807, 2.05) is 0 Å². The van der Waals surface area contributed by atoms with Crippen LogP contribution in [-0.4, -0.2) is 18.3 Å². The topological polar surface area (TPSA) is 27.7 Å². The molecule has 0 N–H and O–H groups in total. The number of hydrogen-bond donors (Lipinski definition) is 0. The molecule has 3 nitrogen and oxygen atoms in total. The molecule has 0 radical (unpaired) electrons. The standard InChI is InChI=1S/C54H105O3P/c1-34(2)37-28-31-52(25,49(16,17)18)43(46(7,8)9)40(37)55-58(56-41-38(35(3)4)29-32-53(26,50(19,20)21)44(41)47(10,11)12)57-42-39(36(5)6)30-33-54(27,51(22,23)24)45(42)48(13,14)15/h34-45H,28-33H2,1-27H3. The van der Waals surface area contributed by atoms with Gasteiger partial charge in [0.2, 0.25) is 0 Å². The maximum Gasteiger partial charge on any atom is 0.333 e. The van der Waals surface area contributed by atoms with Crippen molar-refractivity contribution >= 4 is 8.60 Å². The van der Waals surface area contributed by atoms with Gasteiger partial charge in [0.1, 0.15) is 0 Å². The van der Waals surface area contributed by atoms with Crippen molar-refractivity contribution in [2.75, 3.05) is 0 Å². The predicted octanol–water partition coefficient (Wildman–Crippen LogP) is 17.7. The molecule has 3 aliphatic carbocycles. The predicted molar refractivity (Wildman–Crippen MR) is 256 cm³/mol. The van der Waals surface area contributed by atoms with Crippen LogP contribution in [0, 0.1) is 102 Å². The lowest BCUT2D eigenvalue weighted by atomic mass is 9.47. The fourth-order valence-corrected chi connectivity index (χ4v) is 15.6. The molecule has 12 unspecified atom stereocenters. The summed E-state index contributed by atoms with van der Waals surface area (Å²) >= 11 is 0. The molecule has 0 aliphatic heterocycles. The molecule has 0 aromatic heterocycles. The maximum absolute atomic E-state index is 8.11. The molecule has 0 spiro atoms. The largest absolute Gasteiger partial charge is 0.333 e. The van der Waals surface area contributed by atoms with Gasteiger partial charge in [0.25, 0.3) is 0 Å². The lowest BCUT2D eigenvalue weighted by molar-refractivity contribution is -0.180. The highest BCUT2D eigenvalue weighted by molar-refractivity contribution is 7.41. The molecule has 344 valence electrons. The van der Waals surface area contributed by atoms with E-state index in [2.05, 4.69) is 187 Å². The van der Waals surface area contributed by atoms with Gasteiger partial charge in [-0.15, -0.1) is 0 Å². The Morgan fingerprint density at radius 3 is 0.707 bits per heavy atom.